The Kier molecular flexibility index (Phi) is 3.00. The van der Waals surface area contributed by atoms with E-state index in [1.165, 1.54) is 0 Å². The van der Waals surface area contributed by atoms with Gasteiger partial charge in [-0.15, -0.1) is 0 Å². The summed E-state index contributed by atoms with van der Waals surface area (Å²) < 4.78 is 11.1. The summed E-state index contributed by atoms with van der Waals surface area (Å²) >= 11 is 4.76. The van der Waals surface area contributed by atoms with Gasteiger partial charge in [0.05, 0.1) is 6.04 Å². The maximum absolute atomic E-state index is 6.24. The molecule has 5 heteroatoms. The smallest absolute Gasteiger partial charge is 0.205 e. The first-order chi connectivity index (χ1) is 8.79. The van der Waals surface area contributed by atoms with Crippen LogP contribution in [0.25, 0.3) is 0 Å². The Bertz CT molecular complexity index is 618. The van der Waals surface area contributed by atoms with Gasteiger partial charge in [0.25, 0.3) is 0 Å². The van der Waals surface area contributed by atoms with E-state index in [-0.39, 0.29) is 6.04 Å². The first-order valence-electron chi connectivity index (χ1n) is 5.45. The predicted molar refractivity (Wildman–Crippen MR) is 73.9 cm³/mol. The molecule has 0 saturated carbocycles. The number of benzene rings is 2. The standard InChI is InChI=1S/C13H10NO2PS/c14-13-9-3-1-2-4-11(9)15-12-7-8(16-17-18)5-6-10(12)13/h1-7,13H,14H2. The number of rotatable bonds is 2. The molecule has 0 spiro atoms. The van der Waals surface area contributed by atoms with E-state index in [0.717, 1.165) is 22.6 Å². The summed E-state index contributed by atoms with van der Waals surface area (Å²) in [7, 11) is 0.445. The normalized spacial score (nSPS) is 16.6. The zero-order chi connectivity index (χ0) is 12.5. The second kappa shape index (κ2) is 4.65. The van der Waals surface area contributed by atoms with E-state index in [0.29, 0.717) is 13.3 Å². The first-order valence-corrected chi connectivity index (χ1v) is 7.28. The van der Waals surface area contributed by atoms with Crippen molar-refractivity contribution in [3.63, 3.8) is 0 Å². The van der Waals surface area contributed by atoms with Crippen molar-refractivity contribution in [2.45, 2.75) is 6.04 Å². The Balaban J connectivity index is 2.07. The van der Waals surface area contributed by atoms with Crippen LogP contribution in [-0.4, -0.2) is 0 Å². The zero-order valence-corrected chi connectivity index (χ0v) is 11.1. The van der Waals surface area contributed by atoms with Crippen LogP contribution in [0.2, 0.25) is 0 Å². The van der Waals surface area contributed by atoms with Gasteiger partial charge in [0, 0.05) is 17.2 Å². The Hall–Kier alpha value is -1.48. The summed E-state index contributed by atoms with van der Waals surface area (Å²) in [6.07, 6.45) is 0. The molecule has 1 atom stereocenters. The van der Waals surface area contributed by atoms with Gasteiger partial charge in [-0.2, -0.15) is 0 Å². The monoisotopic (exact) mass is 275 g/mol. The summed E-state index contributed by atoms with van der Waals surface area (Å²) in [6, 6.07) is 13.2. The van der Waals surface area contributed by atoms with Crippen molar-refractivity contribution in [2.75, 3.05) is 0 Å². The van der Waals surface area contributed by atoms with Crippen LogP contribution in [0.15, 0.2) is 42.5 Å². The first kappa shape index (κ1) is 11.6. The fraction of sp³-hybridized carbons (Fsp3) is 0.0769. The summed E-state index contributed by atoms with van der Waals surface area (Å²) in [5.41, 5.74) is 8.20. The highest BCUT2D eigenvalue weighted by molar-refractivity contribution is 7.94. The van der Waals surface area contributed by atoms with Crippen molar-refractivity contribution in [3.05, 3.63) is 53.6 Å². The number of hydrogen-bond donors (Lipinski definition) is 1. The summed E-state index contributed by atoms with van der Waals surface area (Å²) in [5, 5.41) is 0. The minimum absolute atomic E-state index is 0.167. The van der Waals surface area contributed by atoms with Crippen LogP contribution < -0.4 is 15.0 Å². The lowest BCUT2D eigenvalue weighted by Crippen LogP contribution is -2.17. The van der Waals surface area contributed by atoms with Crippen LogP contribution in [0.4, 0.5) is 0 Å². The molecule has 1 aliphatic rings. The lowest BCUT2D eigenvalue weighted by Gasteiger charge is -2.25. The van der Waals surface area contributed by atoms with Crippen molar-refractivity contribution in [2.24, 2.45) is 5.73 Å². The van der Waals surface area contributed by atoms with Crippen LogP contribution in [0.1, 0.15) is 17.2 Å². The van der Waals surface area contributed by atoms with Crippen molar-refractivity contribution in [3.8, 4) is 17.2 Å². The van der Waals surface area contributed by atoms with Gasteiger partial charge in [-0.05, 0) is 30.0 Å². The van der Waals surface area contributed by atoms with E-state index in [1.54, 1.807) is 0 Å². The summed E-state index contributed by atoms with van der Waals surface area (Å²) in [5.74, 6) is 2.22. The van der Waals surface area contributed by atoms with Crippen LogP contribution in [-0.2, 0) is 11.8 Å². The Morgan fingerprint density at radius 3 is 2.72 bits per heavy atom. The largest absolute Gasteiger partial charge is 0.457 e. The number of nitrogens with two attached hydrogens (primary N) is 1. The van der Waals surface area contributed by atoms with Gasteiger partial charge in [0.2, 0.25) is 7.58 Å². The Morgan fingerprint density at radius 1 is 1.11 bits per heavy atom. The van der Waals surface area contributed by atoms with Crippen LogP contribution in [0, 0.1) is 0 Å². The van der Waals surface area contributed by atoms with E-state index < -0.39 is 0 Å². The van der Waals surface area contributed by atoms with Gasteiger partial charge < -0.3 is 15.0 Å². The highest BCUT2D eigenvalue weighted by Gasteiger charge is 2.24. The number of ether oxygens (including phenoxy) is 1. The highest BCUT2D eigenvalue weighted by atomic mass is 32.4. The molecule has 0 bridgehead atoms. The quantitative estimate of drug-likeness (QED) is 0.851. The number of fused-ring (bicyclic) bond motifs is 2. The van der Waals surface area contributed by atoms with Crippen molar-refractivity contribution in [1.29, 1.82) is 0 Å². The Labute approximate surface area is 111 Å². The molecule has 0 fully saturated rings. The average Bonchev–Trinajstić information content (AvgIpc) is 2.39. The fourth-order valence-corrected chi connectivity index (χ4v) is 2.53. The fourth-order valence-electron chi connectivity index (χ4n) is 2.08. The molecule has 0 radical (unpaired) electrons. The molecule has 0 aliphatic carbocycles. The molecule has 2 aromatic carbocycles. The molecule has 1 heterocycles. The molecule has 0 amide bonds. The maximum atomic E-state index is 6.24. The van der Waals surface area contributed by atoms with E-state index in [4.69, 9.17) is 26.8 Å². The third-order valence-electron chi connectivity index (χ3n) is 2.94. The maximum Gasteiger partial charge on any atom is 0.205 e. The van der Waals surface area contributed by atoms with E-state index in [1.807, 2.05) is 42.5 Å². The SMILES string of the molecule is NC1c2ccccc2Oc2cc(OP=S)ccc21. The topological polar surface area (TPSA) is 44.5 Å². The van der Waals surface area contributed by atoms with Gasteiger partial charge in [0.1, 0.15) is 17.2 Å². The van der Waals surface area contributed by atoms with Crippen molar-refractivity contribution in [1.82, 2.24) is 0 Å². The summed E-state index contributed by atoms with van der Waals surface area (Å²) in [4.78, 5) is 0. The second-order valence-corrected chi connectivity index (χ2v) is 4.76. The molecule has 90 valence electrons. The van der Waals surface area contributed by atoms with Crippen molar-refractivity contribution >= 4 is 19.4 Å². The molecule has 1 aliphatic heterocycles. The molecular weight excluding hydrogens is 265 g/mol. The van der Waals surface area contributed by atoms with Crippen LogP contribution in [0.3, 0.4) is 0 Å². The average molecular weight is 275 g/mol. The molecule has 2 N–H and O–H groups in total. The molecular formula is C13H10NO2PS. The zero-order valence-electron chi connectivity index (χ0n) is 9.37. The molecule has 18 heavy (non-hydrogen) atoms. The third kappa shape index (κ3) is 1.89. The van der Waals surface area contributed by atoms with Gasteiger partial charge in [-0.3, -0.25) is 0 Å². The lowest BCUT2D eigenvalue weighted by atomic mass is 9.95. The van der Waals surface area contributed by atoms with Gasteiger partial charge in [-0.1, -0.05) is 18.2 Å². The van der Waals surface area contributed by atoms with E-state index in [9.17, 15) is 0 Å². The van der Waals surface area contributed by atoms with Gasteiger partial charge >= 0.3 is 0 Å². The number of hydrogen-bond acceptors (Lipinski definition) is 4. The molecule has 0 saturated heterocycles. The lowest BCUT2D eigenvalue weighted by molar-refractivity contribution is 0.444. The molecule has 1 unspecified atom stereocenters. The van der Waals surface area contributed by atoms with Crippen LogP contribution in [0.5, 0.6) is 17.2 Å². The van der Waals surface area contributed by atoms with Gasteiger partial charge in [0.15, 0.2) is 0 Å². The van der Waals surface area contributed by atoms with E-state index in [2.05, 4.69) is 0 Å². The minimum Gasteiger partial charge on any atom is -0.457 e. The molecule has 3 rings (SSSR count). The molecule has 0 aromatic heterocycles. The minimum atomic E-state index is -0.167. The summed E-state index contributed by atoms with van der Waals surface area (Å²) in [6.45, 7) is 0. The third-order valence-corrected chi connectivity index (χ3v) is 3.45. The molecule has 2 aromatic rings. The molecule has 3 nitrogen and oxygen atoms in total. The second-order valence-electron chi connectivity index (χ2n) is 3.98. The van der Waals surface area contributed by atoms with E-state index >= 15 is 0 Å². The number of para-hydroxylation sites is 1. The highest BCUT2D eigenvalue weighted by Crippen LogP contribution is 2.43. The Morgan fingerprint density at radius 2 is 1.89 bits per heavy atom. The van der Waals surface area contributed by atoms with Crippen LogP contribution >= 0.6 is 7.58 Å². The van der Waals surface area contributed by atoms with Crippen molar-refractivity contribution < 1.29 is 9.26 Å². The van der Waals surface area contributed by atoms with Gasteiger partial charge in [-0.25, -0.2) is 0 Å². The predicted octanol–water partition coefficient (Wildman–Crippen LogP) is 3.54.